The van der Waals surface area contributed by atoms with Gasteiger partial charge in [0.1, 0.15) is 17.7 Å². The number of amides is 1. The molecule has 1 amide bonds. The van der Waals surface area contributed by atoms with E-state index in [1.807, 2.05) is 9.80 Å². The van der Waals surface area contributed by atoms with Gasteiger partial charge in [-0.2, -0.15) is 17.5 Å². The molecular weight excluding hydrogens is 667 g/mol. The maximum absolute atomic E-state index is 14.4. The Bertz CT molecular complexity index is 1950. The summed E-state index contributed by atoms with van der Waals surface area (Å²) in [7, 11) is -4.18. The van der Waals surface area contributed by atoms with Crippen molar-refractivity contribution in [3.8, 4) is 11.3 Å². The Kier molecular flexibility index (Phi) is 9.58. The first-order valence-corrected chi connectivity index (χ1v) is 17.1. The molecule has 4 aromatic rings. The molecule has 49 heavy (non-hydrogen) atoms. The topological polar surface area (TPSA) is 98.7 Å². The maximum Gasteiger partial charge on any atom is 0.416 e. The SMILES string of the molecule is Cc1ccc(F)cc1S(=O)(=O)N1CCC[C@H]1C(=O)NCc1cc(-c2ccc(C(F)(F)F)cc2)nc(N2CCN(c3ccccc3F)CC2)n1. The highest BCUT2D eigenvalue weighted by Crippen LogP contribution is 2.32. The summed E-state index contributed by atoms with van der Waals surface area (Å²) in [5.41, 5.74) is 1.08. The number of sulfonamides is 1. The van der Waals surface area contributed by atoms with E-state index in [1.54, 1.807) is 31.2 Å². The first-order chi connectivity index (χ1) is 23.3. The largest absolute Gasteiger partial charge is 0.416 e. The van der Waals surface area contributed by atoms with Crippen LogP contribution in [0.15, 0.2) is 77.7 Å². The lowest BCUT2D eigenvalue weighted by atomic mass is 10.1. The fourth-order valence-electron chi connectivity index (χ4n) is 6.11. The van der Waals surface area contributed by atoms with Gasteiger partial charge < -0.3 is 15.1 Å². The van der Waals surface area contributed by atoms with Crippen LogP contribution in [0.25, 0.3) is 11.3 Å². The van der Waals surface area contributed by atoms with E-state index in [1.165, 1.54) is 30.3 Å². The number of hydrogen-bond acceptors (Lipinski definition) is 7. The third kappa shape index (κ3) is 7.37. The predicted molar refractivity (Wildman–Crippen MR) is 173 cm³/mol. The highest BCUT2D eigenvalue weighted by Gasteiger charge is 2.40. The molecule has 0 unspecified atom stereocenters. The Labute approximate surface area is 280 Å². The third-order valence-corrected chi connectivity index (χ3v) is 10.8. The van der Waals surface area contributed by atoms with Crippen molar-refractivity contribution in [1.29, 1.82) is 0 Å². The molecule has 258 valence electrons. The number of alkyl halides is 3. The van der Waals surface area contributed by atoms with Crippen LogP contribution in [-0.4, -0.2) is 67.4 Å². The van der Waals surface area contributed by atoms with E-state index < -0.39 is 39.5 Å². The standard InChI is InChI=1S/C34H33F5N6O3S/c1-22-8-13-25(35)19-31(22)49(47,48)45-14-4-7-30(45)32(46)40-21-26-20-28(23-9-11-24(12-10-23)34(37,38)39)42-33(41-26)44-17-15-43(16-18-44)29-6-3-2-5-27(29)36/h2-3,5-6,8-13,19-20,30H,4,7,14-18,21H2,1H3,(H,40,46)/t30-/m0/s1. The Balaban J connectivity index is 1.23. The van der Waals surface area contributed by atoms with Crippen molar-refractivity contribution in [3.05, 3.63) is 101 Å². The molecule has 2 aliphatic rings. The zero-order valence-corrected chi connectivity index (χ0v) is 27.2. The van der Waals surface area contributed by atoms with Gasteiger partial charge in [-0.15, -0.1) is 0 Å². The second kappa shape index (κ2) is 13.7. The Morgan fingerprint density at radius 2 is 1.59 bits per heavy atom. The summed E-state index contributed by atoms with van der Waals surface area (Å²) in [6, 6.07) is 15.0. The highest BCUT2D eigenvalue weighted by atomic mass is 32.2. The summed E-state index contributed by atoms with van der Waals surface area (Å²) in [5.74, 6) is -1.33. The van der Waals surface area contributed by atoms with E-state index in [4.69, 9.17) is 0 Å². The molecule has 1 N–H and O–H groups in total. The van der Waals surface area contributed by atoms with Gasteiger partial charge in [0.2, 0.25) is 21.9 Å². The van der Waals surface area contributed by atoms with Crippen LogP contribution in [0.5, 0.6) is 0 Å². The number of piperazine rings is 1. The van der Waals surface area contributed by atoms with E-state index in [0.29, 0.717) is 60.8 Å². The normalized spacial score (nSPS) is 17.4. The van der Waals surface area contributed by atoms with Gasteiger partial charge in [-0.25, -0.2) is 27.2 Å². The Morgan fingerprint density at radius 1 is 0.898 bits per heavy atom. The van der Waals surface area contributed by atoms with Gasteiger partial charge in [0.05, 0.1) is 34.1 Å². The number of benzene rings is 3. The second-order valence-electron chi connectivity index (χ2n) is 11.9. The molecule has 9 nitrogen and oxygen atoms in total. The molecule has 2 fully saturated rings. The van der Waals surface area contributed by atoms with Crippen LogP contribution in [0.1, 0.15) is 29.7 Å². The molecule has 6 rings (SSSR count). The first kappa shape index (κ1) is 34.2. The molecule has 0 radical (unpaired) electrons. The Hall–Kier alpha value is -4.63. The number of halogens is 5. The number of nitrogens with one attached hydrogen (secondary N) is 1. The van der Waals surface area contributed by atoms with Gasteiger partial charge >= 0.3 is 6.18 Å². The van der Waals surface area contributed by atoms with Crippen LogP contribution >= 0.6 is 0 Å². The number of aromatic nitrogens is 2. The molecule has 15 heteroatoms. The molecule has 0 saturated carbocycles. The lowest BCUT2D eigenvalue weighted by molar-refractivity contribution is -0.137. The van der Waals surface area contributed by atoms with E-state index in [0.717, 1.165) is 22.5 Å². The van der Waals surface area contributed by atoms with Crippen molar-refractivity contribution in [1.82, 2.24) is 19.6 Å². The number of rotatable bonds is 8. The van der Waals surface area contributed by atoms with E-state index in [9.17, 15) is 35.2 Å². The summed E-state index contributed by atoms with van der Waals surface area (Å²) in [5, 5.41) is 2.77. The minimum atomic E-state index is -4.52. The molecule has 2 saturated heterocycles. The van der Waals surface area contributed by atoms with Crippen molar-refractivity contribution in [2.75, 3.05) is 42.5 Å². The number of anilines is 2. The maximum atomic E-state index is 14.4. The third-order valence-electron chi connectivity index (χ3n) is 8.72. The number of para-hydroxylation sites is 1. The summed E-state index contributed by atoms with van der Waals surface area (Å²) in [4.78, 5) is 26.3. The van der Waals surface area contributed by atoms with Gasteiger partial charge in [0, 0.05) is 38.3 Å². The predicted octanol–water partition coefficient (Wildman–Crippen LogP) is 5.55. The van der Waals surface area contributed by atoms with Gasteiger partial charge in [-0.1, -0.05) is 30.3 Å². The molecule has 1 atom stereocenters. The smallest absolute Gasteiger partial charge is 0.366 e. The molecule has 3 aromatic carbocycles. The molecule has 0 aliphatic carbocycles. The monoisotopic (exact) mass is 700 g/mol. The van der Waals surface area contributed by atoms with Gasteiger partial charge in [0.15, 0.2) is 0 Å². The zero-order chi connectivity index (χ0) is 34.9. The average molecular weight is 701 g/mol. The zero-order valence-electron chi connectivity index (χ0n) is 26.4. The van der Waals surface area contributed by atoms with Crippen molar-refractivity contribution in [2.45, 2.75) is 43.4 Å². The fraction of sp³-hybridized carbons (Fsp3) is 0.324. The fourth-order valence-corrected chi connectivity index (χ4v) is 8.01. The molecule has 1 aromatic heterocycles. The van der Waals surface area contributed by atoms with Crippen molar-refractivity contribution >= 4 is 27.6 Å². The van der Waals surface area contributed by atoms with Crippen molar-refractivity contribution < 1.29 is 35.2 Å². The van der Waals surface area contributed by atoms with Crippen molar-refractivity contribution in [2.24, 2.45) is 0 Å². The van der Waals surface area contributed by atoms with Crippen LogP contribution in [0.4, 0.5) is 33.6 Å². The van der Waals surface area contributed by atoms with Crippen LogP contribution in [0.3, 0.4) is 0 Å². The summed E-state index contributed by atoms with van der Waals surface area (Å²) < 4.78 is 96.2. The lowest BCUT2D eigenvalue weighted by Gasteiger charge is -2.36. The number of aryl methyl sites for hydroxylation is 1. The van der Waals surface area contributed by atoms with Crippen LogP contribution in [0, 0.1) is 18.6 Å². The van der Waals surface area contributed by atoms with Gasteiger partial charge in [-0.05, 0) is 67.8 Å². The van der Waals surface area contributed by atoms with E-state index in [-0.39, 0.29) is 36.2 Å². The van der Waals surface area contributed by atoms with Crippen LogP contribution in [-0.2, 0) is 27.5 Å². The Morgan fingerprint density at radius 3 is 2.29 bits per heavy atom. The van der Waals surface area contributed by atoms with Crippen LogP contribution in [0.2, 0.25) is 0 Å². The number of carbonyl (C=O) groups excluding carboxylic acids is 1. The summed E-state index contributed by atoms with van der Waals surface area (Å²) in [6.07, 6.45) is -3.82. The van der Waals surface area contributed by atoms with Crippen molar-refractivity contribution in [3.63, 3.8) is 0 Å². The number of hydrogen-bond donors (Lipinski definition) is 1. The second-order valence-corrected chi connectivity index (χ2v) is 13.8. The first-order valence-electron chi connectivity index (χ1n) is 15.7. The van der Waals surface area contributed by atoms with E-state index in [2.05, 4.69) is 15.3 Å². The van der Waals surface area contributed by atoms with E-state index >= 15 is 0 Å². The summed E-state index contributed by atoms with van der Waals surface area (Å²) in [6.45, 7) is 3.27. The van der Waals surface area contributed by atoms with Gasteiger partial charge in [-0.3, -0.25) is 4.79 Å². The summed E-state index contributed by atoms with van der Waals surface area (Å²) >= 11 is 0. The number of nitrogens with zero attached hydrogens (tertiary/aromatic N) is 5. The lowest BCUT2D eigenvalue weighted by Crippen LogP contribution is -2.47. The minimum Gasteiger partial charge on any atom is -0.366 e. The van der Waals surface area contributed by atoms with Crippen LogP contribution < -0.4 is 15.1 Å². The molecular formula is C34H33F5N6O3S. The molecule has 0 spiro atoms. The molecule has 3 heterocycles. The number of carbonyl (C=O) groups is 1. The molecule has 2 aliphatic heterocycles. The molecule has 0 bridgehead atoms. The average Bonchev–Trinajstić information content (AvgIpc) is 3.60. The quantitative estimate of drug-likeness (QED) is 0.241. The minimum absolute atomic E-state index is 0.0883. The highest BCUT2D eigenvalue weighted by molar-refractivity contribution is 7.89. The van der Waals surface area contributed by atoms with Gasteiger partial charge in [0.25, 0.3) is 0 Å².